The summed E-state index contributed by atoms with van der Waals surface area (Å²) in [4.78, 5) is 26.2. The predicted molar refractivity (Wildman–Crippen MR) is 71.0 cm³/mol. The van der Waals surface area contributed by atoms with Crippen LogP contribution in [0.15, 0.2) is 41.6 Å². The summed E-state index contributed by atoms with van der Waals surface area (Å²) in [5, 5.41) is 5.13. The van der Waals surface area contributed by atoms with Crippen molar-refractivity contribution in [1.29, 1.82) is 0 Å². The first-order valence-corrected chi connectivity index (χ1v) is 5.71. The number of rotatable bonds is 0. The van der Waals surface area contributed by atoms with E-state index in [0.717, 1.165) is 0 Å². The number of nitrogens with zero attached hydrogens (tertiary/aromatic N) is 1. The first-order valence-electron chi connectivity index (χ1n) is 5.71. The second-order valence-electron chi connectivity index (χ2n) is 3.73. The molecule has 2 N–H and O–H groups in total. The van der Waals surface area contributed by atoms with Crippen LogP contribution in [0.25, 0.3) is 0 Å². The summed E-state index contributed by atoms with van der Waals surface area (Å²) >= 11 is 0. The number of benzene rings is 1. The molecule has 0 unspecified atom stereocenters. The van der Waals surface area contributed by atoms with Gasteiger partial charge in [0.1, 0.15) is 0 Å². The second kappa shape index (κ2) is 6.34. The third-order valence-electron chi connectivity index (χ3n) is 2.37. The van der Waals surface area contributed by atoms with E-state index < -0.39 is 0 Å². The van der Waals surface area contributed by atoms with Gasteiger partial charge in [0, 0.05) is 6.21 Å². The van der Waals surface area contributed by atoms with Crippen molar-refractivity contribution in [2.75, 3.05) is 18.6 Å². The van der Waals surface area contributed by atoms with Crippen LogP contribution in [0.5, 0.6) is 0 Å². The Kier molecular flexibility index (Phi) is 4.28. The number of carbonyl (C=O) groups is 2. The van der Waals surface area contributed by atoms with Crippen molar-refractivity contribution in [1.82, 2.24) is 5.32 Å². The van der Waals surface area contributed by atoms with Gasteiger partial charge >= 0.3 is 0 Å². The van der Waals surface area contributed by atoms with E-state index in [2.05, 4.69) is 15.6 Å². The highest BCUT2D eigenvalue weighted by atomic mass is 16.5. The Morgan fingerprint density at radius 2 is 2.05 bits per heavy atom. The van der Waals surface area contributed by atoms with Crippen LogP contribution in [-0.2, 0) is 9.53 Å². The number of fused-ring (bicyclic) bond motifs is 1. The molecule has 19 heavy (non-hydrogen) atoms. The molecule has 1 aromatic rings. The smallest absolute Gasteiger partial charge is 0.253 e. The van der Waals surface area contributed by atoms with E-state index in [-0.39, 0.29) is 18.4 Å². The molecule has 0 bridgehead atoms. The highest BCUT2D eigenvalue weighted by Gasteiger charge is 2.17. The summed E-state index contributed by atoms with van der Waals surface area (Å²) in [6, 6.07) is 6.92. The van der Waals surface area contributed by atoms with Crippen molar-refractivity contribution in [2.45, 2.75) is 0 Å². The molecular weight excluding hydrogens is 246 g/mol. The monoisotopic (exact) mass is 259 g/mol. The lowest BCUT2D eigenvalue weighted by atomic mass is 10.2. The number of ether oxygens (including phenoxy) is 1. The lowest BCUT2D eigenvalue weighted by Gasteiger charge is -2.02. The van der Waals surface area contributed by atoms with Gasteiger partial charge in [-0.3, -0.25) is 14.6 Å². The predicted octanol–water partition coefficient (Wildman–Crippen LogP) is 0.927. The topological polar surface area (TPSA) is 79.8 Å². The Hall–Kier alpha value is -2.63. The minimum absolute atomic E-state index is 0.0352. The summed E-state index contributed by atoms with van der Waals surface area (Å²) in [5.41, 5.74) is 1.08. The summed E-state index contributed by atoms with van der Waals surface area (Å²) in [6.07, 6.45) is 5.08. The molecule has 2 aliphatic rings. The van der Waals surface area contributed by atoms with E-state index in [9.17, 15) is 9.59 Å². The number of nitrogens with one attached hydrogen (secondary N) is 2. The second-order valence-corrected chi connectivity index (χ2v) is 3.73. The number of anilines is 1. The van der Waals surface area contributed by atoms with Gasteiger partial charge in [-0.2, -0.15) is 0 Å². The maximum Gasteiger partial charge on any atom is 0.253 e. The quantitative estimate of drug-likeness (QED) is 0.727. The van der Waals surface area contributed by atoms with Crippen LogP contribution in [0, 0.1) is 0 Å². The Morgan fingerprint density at radius 1 is 1.21 bits per heavy atom. The molecule has 0 radical (unpaired) electrons. The number of hydrogen-bond acceptors (Lipinski definition) is 4. The molecule has 0 atom stereocenters. The van der Waals surface area contributed by atoms with Crippen molar-refractivity contribution in [3.63, 3.8) is 0 Å². The zero-order chi connectivity index (χ0) is 13.5. The van der Waals surface area contributed by atoms with Crippen molar-refractivity contribution >= 4 is 23.7 Å². The molecule has 6 heteroatoms. The molecule has 0 fully saturated rings. The lowest BCUT2D eigenvalue weighted by molar-refractivity contribution is -0.115. The van der Waals surface area contributed by atoms with Gasteiger partial charge in [-0.1, -0.05) is 12.1 Å². The first kappa shape index (κ1) is 12.8. The summed E-state index contributed by atoms with van der Waals surface area (Å²) < 4.78 is 4.69. The largest absolute Gasteiger partial charge is 0.479 e. The molecule has 3 rings (SSSR count). The van der Waals surface area contributed by atoms with Gasteiger partial charge in [-0.25, -0.2) is 0 Å². The van der Waals surface area contributed by atoms with Crippen LogP contribution in [0.3, 0.4) is 0 Å². The third kappa shape index (κ3) is 3.67. The molecular formula is C13H13N3O3. The molecule has 2 aliphatic heterocycles. The van der Waals surface area contributed by atoms with Gasteiger partial charge in [0.05, 0.1) is 24.1 Å². The Bertz CT molecular complexity index is 526. The van der Waals surface area contributed by atoms with E-state index in [1.54, 1.807) is 42.8 Å². The van der Waals surface area contributed by atoms with Crippen molar-refractivity contribution in [3.05, 3.63) is 42.2 Å². The van der Waals surface area contributed by atoms with Crippen LogP contribution in [0.4, 0.5) is 5.69 Å². The normalized spacial score (nSPS) is 16.0. The lowest BCUT2D eigenvalue weighted by Crippen LogP contribution is -2.28. The summed E-state index contributed by atoms with van der Waals surface area (Å²) in [6.45, 7) is 0.518. The third-order valence-corrected chi connectivity index (χ3v) is 2.37. The van der Waals surface area contributed by atoms with Gasteiger partial charge in [-0.15, -0.1) is 0 Å². The summed E-state index contributed by atoms with van der Waals surface area (Å²) in [5.74, 6) is -0.410. The summed E-state index contributed by atoms with van der Waals surface area (Å²) in [7, 11) is 0. The maximum absolute atomic E-state index is 11.3. The average Bonchev–Trinajstić information content (AvgIpc) is 2.61. The minimum atomic E-state index is -0.214. The highest BCUT2D eigenvalue weighted by Crippen LogP contribution is 2.15. The van der Waals surface area contributed by atoms with Gasteiger partial charge in [0.15, 0.2) is 6.73 Å². The maximum atomic E-state index is 11.3. The van der Waals surface area contributed by atoms with E-state index in [4.69, 9.17) is 4.74 Å². The minimum Gasteiger partial charge on any atom is -0.479 e. The van der Waals surface area contributed by atoms with Crippen molar-refractivity contribution < 1.29 is 14.3 Å². The number of amides is 2. The number of para-hydroxylation sites is 1. The Labute approximate surface area is 110 Å². The van der Waals surface area contributed by atoms with Crippen LogP contribution >= 0.6 is 0 Å². The number of hydrogen-bond donors (Lipinski definition) is 2. The van der Waals surface area contributed by atoms with Crippen molar-refractivity contribution in [2.24, 2.45) is 4.99 Å². The molecule has 2 heterocycles. The standard InChI is InChI=1S/C9H8N2O2.C4H5NO/c12-8-5-10-9(13)6-3-1-2-4-7(6)11-8;1-2-5-4-6-3-1/h1-4H,5H2,(H,10,13)(H,11,12);1-3H,4H2. The fourth-order valence-electron chi connectivity index (χ4n) is 1.52. The molecule has 1 aromatic carbocycles. The van der Waals surface area contributed by atoms with Crippen molar-refractivity contribution in [3.8, 4) is 0 Å². The van der Waals surface area contributed by atoms with Gasteiger partial charge in [0.25, 0.3) is 5.91 Å². The average molecular weight is 259 g/mol. The zero-order valence-corrected chi connectivity index (χ0v) is 10.1. The number of carbonyl (C=O) groups excluding carboxylic acids is 2. The zero-order valence-electron chi connectivity index (χ0n) is 10.1. The number of aliphatic imine (C=N–C) groups is 1. The molecule has 0 aromatic heterocycles. The van der Waals surface area contributed by atoms with Crippen LogP contribution in [0.2, 0.25) is 0 Å². The Balaban J connectivity index is 0.000000186. The van der Waals surface area contributed by atoms with E-state index in [1.165, 1.54) is 0 Å². The van der Waals surface area contributed by atoms with Gasteiger partial charge < -0.3 is 15.4 Å². The molecule has 2 amide bonds. The molecule has 0 aliphatic carbocycles. The fourth-order valence-corrected chi connectivity index (χ4v) is 1.52. The highest BCUT2D eigenvalue weighted by molar-refractivity contribution is 6.08. The molecule has 0 spiro atoms. The molecule has 0 saturated heterocycles. The van der Waals surface area contributed by atoms with Gasteiger partial charge in [-0.05, 0) is 18.2 Å². The van der Waals surface area contributed by atoms with Crippen LogP contribution in [-0.4, -0.2) is 31.3 Å². The van der Waals surface area contributed by atoms with Crippen LogP contribution < -0.4 is 10.6 Å². The molecule has 6 nitrogen and oxygen atoms in total. The van der Waals surface area contributed by atoms with E-state index >= 15 is 0 Å². The van der Waals surface area contributed by atoms with Gasteiger partial charge in [0.2, 0.25) is 5.91 Å². The fraction of sp³-hybridized carbons (Fsp3) is 0.154. The Morgan fingerprint density at radius 3 is 2.68 bits per heavy atom. The molecule has 98 valence electrons. The van der Waals surface area contributed by atoms with E-state index in [1.807, 2.05) is 0 Å². The first-order chi connectivity index (χ1) is 9.27. The molecule has 0 saturated carbocycles. The van der Waals surface area contributed by atoms with Crippen LogP contribution in [0.1, 0.15) is 10.4 Å². The number of allylic oxidation sites excluding steroid dienone is 1. The SMILES string of the molecule is C1=COCN=C1.O=C1CNC(=O)c2ccccc2N1. The van der Waals surface area contributed by atoms with E-state index in [0.29, 0.717) is 18.0 Å².